The van der Waals surface area contributed by atoms with E-state index in [0.717, 1.165) is 17.7 Å². The summed E-state index contributed by atoms with van der Waals surface area (Å²) < 4.78 is 74.6. The number of halogens is 3. The van der Waals surface area contributed by atoms with E-state index in [1.165, 1.54) is 12.1 Å². The van der Waals surface area contributed by atoms with Crippen molar-refractivity contribution in [3.8, 4) is 0 Å². The second-order valence-electron chi connectivity index (χ2n) is 11.1. The number of nitrogens with zero attached hydrogens (tertiary/aromatic N) is 2. The highest BCUT2D eigenvalue weighted by atomic mass is 32.2. The van der Waals surface area contributed by atoms with Gasteiger partial charge in [-0.25, -0.2) is 8.42 Å². The zero-order valence-corrected chi connectivity index (χ0v) is 23.3. The van der Waals surface area contributed by atoms with Gasteiger partial charge in [0.05, 0.1) is 29.2 Å². The van der Waals surface area contributed by atoms with E-state index in [1.54, 1.807) is 28.6 Å². The number of sulfonamides is 1. The fourth-order valence-electron chi connectivity index (χ4n) is 5.42. The summed E-state index contributed by atoms with van der Waals surface area (Å²) >= 11 is 0. The van der Waals surface area contributed by atoms with E-state index in [4.69, 9.17) is 4.74 Å². The second-order valence-corrected chi connectivity index (χ2v) is 13.0. The summed E-state index contributed by atoms with van der Waals surface area (Å²) in [6, 6.07) is 11.0. The van der Waals surface area contributed by atoms with Crippen molar-refractivity contribution in [2.75, 3.05) is 38.1 Å². The molecule has 0 aromatic heterocycles. The number of hydrogen-bond donors (Lipinski definition) is 1. The Hall–Kier alpha value is -2.47. The van der Waals surface area contributed by atoms with E-state index in [9.17, 15) is 26.4 Å². The molecule has 1 spiro atoms. The van der Waals surface area contributed by atoms with Gasteiger partial charge in [0.15, 0.2) is 0 Å². The number of alkyl halides is 3. The molecule has 1 amide bonds. The summed E-state index contributed by atoms with van der Waals surface area (Å²) in [5.74, 6) is -0.172. The number of benzene rings is 2. The fraction of sp³-hybridized carbons (Fsp3) is 0.536. The molecule has 7 nitrogen and oxygen atoms in total. The smallest absolute Gasteiger partial charge is 0.371 e. The minimum Gasteiger partial charge on any atom is -0.371 e. The van der Waals surface area contributed by atoms with Crippen molar-refractivity contribution in [1.82, 2.24) is 9.21 Å². The van der Waals surface area contributed by atoms with Gasteiger partial charge < -0.3 is 10.1 Å². The van der Waals surface area contributed by atoms with Gasteiger partial charge in [-0.05, 0) is 69.0 Å². The van der Waals surface area contributed by atoms with Gasteiger partial charge in [0, 0.05) is 24.8 Å². The molecule has 0 bridgehead atoms. The van der Waals surface area contributed by atoms with Crippen LogP contribution in [-0.4, -0.2) is 68.0 Å². The maximum absolute atomic E-state index is 13.8. The maximum Gasteiger partial charge on any atom is 0.416 e. The van der Waals surface area contributed by atoms with Crippen LogP contribution in [0.1, 0.15) is 44.2 Å². The minimum atomic E-state index is -4.50. The van der Waals surface area contributed by atoms with Crippen LogP contribution in [0.25, 0.3) is 0 Å². The van der Waals surface area contributed by atoms with E-state index in [-0.39, 0.29) is 42.2 Å². The number of hydrogen-bond acceptors (Lipinski definition) is 5. The summed E-state index contributed by atoms with van der Waals surface area (Å²) in [5.41, 5.74) is -0.571. The lowest BCUT2D eigenvalue weighted by Gasteiger charge is -2.50. The molecule has 2 saturated heterocycles. The quantitative estimate of drug-likeness (QED) is 0.514. The monoisotopic (exact) mass is 567 g/mol. The molecule has 2 aliphatic rings. The van der Waals surface area contributed by atoms with Crippen LogP contribution in [0.15, 0.2) is 53.4 Å². The Balaban J connectivity index is 1.48. The first-order valence-electron chi connectivity index (χ1n) is 13.2. The molecule has 2 aromatic rings. The first-order valence-corrected chi connectivity index (χ1v) is 14.6. The number of piperidine rings is 1. The molecular weight excluding hydrogens is 531 g/mol. The van der Waals surface area contributed by atoms with Gasteiger partial charge >= 0.3 is 6.18 Å². The number of rotatable bonds is 7. The molecule has 214 valence electrons. The Labute approximate surface area is 228 Å². The summed E-state index contributed by atoms with van der Waals surface area (Å²) in [6.45, 7) is 7.33. The summed E-state index contributed by atoms with van der Waals surface area (Å²) in [5, 5.41) is 2.55. The summed E-state index contributed by atoms with van der Waals surface area (Å²) in [4.78, 5) is 14.9. The first-order chi connectivity index (χ1) is 18.3. The van der Waals surface area contributed by atoms with Gasteiger partial charge in [0.1, 0.15) is 0 Å². The summed E-state index contributed by atoms with van der Waals surface area (Å²) in [6.07, 6.45) is -2.50. The van der Waals surface area contributed by atoms with Gasteiger partial charge in [0.25, 0.3) is 0 Å². The fourth-order valence-corrected chi connectivity index (χ4v) is 7.12. The third-order valence-electron chi connectivity index (χ3n) is 7.26. The zero-order valence-electron chi connectivity index (χ0n) is 22.5. The van der Waals surface area contributed by atoms with Crippen LogP contribution in [0.3, 0.4) is 0 Å². The average Bonchev–Trinajstić information content (AvgIpc) is 2.85. The van der Waals surface area contributed by atoms with Crippen molar-refractivity contribution >= 4 is 21.6 Å². The molecule has 39 heavy (non-hydrogen) atoms. The highest BCUT2D eigenvalue weighted by molar-refractivity contribution is 7.89. The number of ether oxygens (including phenoxy) is 1. The molecule has 0 saturated carbocycles. The van der Waals surface area contributed by atoms with E-state index in [1.807, 2.05) is 25.7 Å². The molecule has 2 fully saturated rings. The van der Waals surface area contributed by atoms with E-state index >= 15 is 0 Å². The van der Waals surface area contributed by atoms with Crippen LogP contribution in [0.5, 0.6) is 0 Å². The van der Waals surface area contributed by atoms with Crippen molar-refractivity contribution in [3.63, 3.8) is 0 Å². The van der Waals surface area contributed by atoms with Crippen LogP contribution in [-0.2, 0) is 25.7 Å². The number of likely N-dealkylation sites (tertiary alicyclic amines) is 1. The van der Waals surface area contributed by atoms with Gasteiger partial charge in [-0.3, -0.25) is 9.69 Å². The van der Waals surface area contributed by atoms with Crippen LogP contribution in [0.2, 0.25) is 0 Å². The van der Waals surface area contributed by atoms with Gasteiger partial charge in [-0.15, -0.1) is 0 Å². The normalized spacial score (nSPS) is 23.3. The van der Waals surface area contributed by atoms with Crippen LogP contribution < -0.4 is 5.32 Å². The predicted octanol–water partition coefficient (Wildman–Crippen LogP) is 4.92. The molecule has 0 aliphatic carbocycles. The number of aryl methyl sites for hydroxylation is 1. The van der Waals surface area contributed by atoms with Crippen molar-refractivity contribution in [2.45, 2.75) is 62.7 Å². The largest absolute Gasteiger partial charge is 0.416 e. The Bertz CT molecular complexity index is 1270. The van der Waals surface area contributed by atoms with Crippen LogP contribution in [0.4, 0.5) is 18.9 Å². The van der Waals surface area contributed by atoms with Gasteiger partial charge in [-0.1, -0.05) is 37.6 Å². The topological polar surface area (TPSA) is 79.0 Å². The number of nitrogens with one attached hydrogen (secondary N) is 1. The Kier molecular flexibility index (Phi) is 8.75. The van der Waals surface area contributed by atoms with E-state index in [2.05, 4.69) is 5.32 Å². The number of carbonyl (C=O) groups excluding carboxylic acids is 1. The lowest BCUT2D eigenvalue weighted by atomic mass is 9.89. The molecule has 11 heteroatoms. The van der Waals surface area contributed by atoms with Crippen LogP contribution >= 0.6 is 0 Å². The Morgan fingerprint density at radius 3 is 2.54 bits per heavy atom. The van der Waals surface area contributed by atoms with Crippen molar-refractivity contribution in [1.29, 1.82) is 0 Å². The van der Waals surface area contributed by atoms with E-state index < -0.39 is 33.3 Å². The third kappa shape index (κ3) is 7.19. The first kappa shape index (κ1) is 29.5. The molecule has 0 radical (unpaired) electrons. The molecule has 2 atom stereocenters. The van der Waals surface area contributed by atoms with Crippen molar-refractivity contribution in [2.24, 2.45) is 5.92 Å². The van der Waals surface area contributed by atoms with Crippen LogP contribution in [0, 0.1) is 12.8 Å². The SMILES string of the molecule is Cc1ccc(S(=O)(=O)N2C[C@@]3(CCCN(CC(=O)Nc4cccc(C(F)(F)F)c4)C3)OC[C@@H]2CC(C)C)cc1. The summed E-state index contributed by atoms with van der Waals surface area (Å²) in [7, 11) is -3.78. The minimum absolute atomic E-state index is 0.0402. The van der Waals surface area contributed by atoms with Crippen molar-refractivity contribution in [3.05, 3.63) is 59.7 Å². The average molecular weight is 568 g/mol. The van der Waals surface area contributed by atoms with Crippen molar-refractivity contribution < 1.29 is 31.1 Å². The Morgan fingerprint density at radius 1 is 1.15 bits per heavy atom. The molecule has 4 rings (SSSR count). The molecule has 2 aliphatic heterocycles. The van der Waals surface area contributed by atoms with E-state index in [0.29, 0.717) is 32.4 Å². The number of morpholine rings is 1. The highest BCUT2D eigenvalue weighted by Crippen LogP contribution is 2.36. The molecular formula is C28H36F3N3O4S. The number of anilines is 1. The lowest BCUT2D eigenvalue weighted by Crippen LogP contribution is -2.64. The number of amides is 1. The van der Waals surface area contributed by atoms with Gasteiger partial charge in [0.2, 0.25) is 15.9 Å². The van der Waals surface area contributed by atoms with Gasteiger partial charge in [-0.2, -0.15) is 17.5 Å². The maximum atomic E-state index is 13.8. The molecule has 2 heterocycles. The zero-order chi connectivity index (χ0) is 28.4. The molecule has 0 unspecified atom stereocenters. The second kappa shape index (κ2) is 11.6. The number of carbonyl (C=O) groups is 1. The third-order valence-corrected chi connectivity index (χ3v) is 9.18. The molecule has 2 aromatic carbocycles. The highest BCUT2D eigenvalue weighted by Gasteiger charge is 2.47. The Morgan fingerprint density at radius 2 is 1.87 bits per heavy atom. The predicted molar refractivity (Wildman–Crippen MR) is 143 cm³/mol. The molecule has 1 N–H and O–H groups in total. The standard InChI is InChI=1S/C28H36F3N3O4S/c1-20(2)14-24-17-38-27(19-34(24)39(36,37)25-10-8-21(3)9-11-25)12-5-13-33(18-27)16-26(35)32-23-7-4-6-22(15-23)28(29,30)31/h4,6-11,15,20,24H,5,12-14,16-19H2,1-3H3,(H,32,35)/t24-,27-/m0/s1. The lowest BCUT2D eigenvalue weighted by molar-refractivity contribution is -0.146.